The summed E-state index contributed by atoms with van der Waals surface area (Å²) in [7, 11) is 0. The van der Waals surface area contributed by atoms with E-state index in [9.17, 15) is 0 Å². The number of unbranched alkanes of at least 4 members (excludes halogenated alkanes) is 14. The van der Waals surface area contributed by atoms with Gasteiger partial charge in [-0.05, 0) is 13.3 Å². The van der Waals surface area contributed by atoms with Crippen LogP contribution in [0.1, 0.15) is 117 Å². The molecule has 0 amide bonds. The summed E-state index contributed by atoms with van der Waals surface area (Å²) < 4.78 is 0. The number of aliphatic hydroxyl groups excluding tert-OH is 2. The molecule has 1 aliphatic rings. The van der Waals surface area contributed by atoms with Gasteiger partial charge in [0.2, 0.25) is 0 Å². The zero-order valence-corrected chi connectivity index (χ0v) is 19.1. The molecule has 1 aliphatic heterocycles. The molecule has 168 valence electrons. The Hall–Kier alpha value is -0.610. The maximum Gasteiger partial charge on any atom is 0.0991 e. The van der Waals surface area contributed by atoms with E-state index in [0.717, 1.165) is 26.1 Å². The van der Waals surface area contributed by atoms with Crippen LogP contribution < -0.4 is 0 Å². The van der Waals surface area contributed by atoms with Crippen molar-refractivity contribution in [2.45, 2.75) is 117 Å². The van der Waals surface area contributed by atoms with Crippen LogP contribution in [0.15, 0.2) is 4.99 Å². The second-order valence-corrected chi connectivity index (χ2v) is 8.02. The number of nitrogens with zero attached hydrogens (tertiary/aromatic N) is 2. The van der Waals surface area contributed by atoms with E-state index in [0.29, 0.717) is 0 Å². The molecule has 0 aromatic rings. The van der Waals surface area contributed by atoms with Crippen molar-refractivity contribution in [1.82, 2.24) is 4.90 Å². The molecule has 4 heteroatoms. The van der Waals surface area contributed by atoms with Crippen molar-refractivity contribution in [3.05, 3.63) is 0 Å². The minimum atomic E-state index is 0.248. The first kappa shape index (κ1) is 27.4. The van der Waals surface area contributed by atoms with Crippen LogP contribution in [0, 0.1) is 0 Å². The number of rotatable bonds is 18. The summed E-state index contributed by atoms with van der Waals surface area (Å²) in [4.78, 5) is 6.82. The van der Waals surface area contributed by atoms with Gasteiger partial charge in [-0.3, -0.25) is 4.99 Å². The van der Waals surface area contributed by atoms with E-state index in [1.54, 1.807) is 6.92 Å². The van der Waals surface area contributed by atoms with Crippen molar-refractivity contribution in [1.29, 1.82) is 0 Å². The molecular weight excluding hydrogens is 348 g/mol. The lowest BCUT2D eigenvalue weighted by molar-refractivity contribution is 0.255. The van der Waals surface area contributed by atoms with Crippen LogP contribution >= 0.6 is 0 Å². The fraction of sp³-hybridized carbons (Fsp3) is 0.958. The lowest BCUT2D eigenvalue weighted by Gasteiger charge is -2.18. The highest BCUT2D eigenvalue weighted by molar-refractivity contribution is 5.83. The Morgan fingerprint density at radius 1 is 0.714 bits per heavy atom. The molecule has 0 atom stereocenters. The fourth-order valence-corrected chi connectivity index (χ4v) is 3.78. The van der Waals surface area contributed by atoms with Gasteiger partial charge in [0.1, 0.15) is 0 Å². The maximum atomic E-state index is 9.05. The fourth-order valence-electron chi connectivity index (χ4n) is 3.78. The van der Waals surface area contributed by atoms with Gasteiger partial charge in [-0.25, -0.2) is 0 Å². The zero-order chi connectivity index (χ0) is 20.7. The van der Waals surface area contributed by atoms with E-state index in [2.05, 4.69) is 16.8 Å². The number of hydrogen-bond donors (Lipinski definition) is 2. The van der Waals surface area contributed by atoms with Gasteiger partial charge < -0.3 is 15.1 Å². The molecule has 0 aliphatic carbocycles. The molecule has 2 N–H and O–H groups in total. The normalized spacial score (nSPS) is 13.4. The smallest absolute Gasteiger partial charge is 0.0991 e. The molecule has 1 rings (SSSR count). The Balaban J connectivity index is 0.00000227. The predicted octanol–water partition coefficient (Wildman–Crippen LogP) is 5.95. The molecule has 1 heterocycles. The molecule has 0 saturated carbocycles. The summed E-state index contributed by atoms with van der Waals surface area (Å²) in [6, 6.07) is 0. The number of hydrogen-bond acceptors (Lipinski definition) is 4. The molecule has 0 saturated heterocycles. The third-order valence-corrected chi connectivity index (χ3v) is 5.40. The van der Waals surface area contributed by atoms with Gasteiger partial charge in [0.05, 0.1) is 19.0 Å². The SMILES string of the molecule is CCCCCCCCCCCCCCCCCC1=NCCN1CCO.CCO. The van der Waals surface area contributed by atoms with Crippen LogP contribution in [-0.4, -0.2) is 53.8 Å². The average molecular weight is 399 g/mol. The largest absolute Gasteiger partial charge is 0.397 e. The average Bonchev–Trinajstić information content (AvgIpc) is 3.13. The molecule has 0 spiro atoms. The molecule has 28 heavy (non-hydrogen) atoms. The van der Waals surface area contributed by atoms with Gasteiger partial charge in [0.25, 0.3) is 0 Å². The van der Waals surface area contributed by atoms with E-state index in [1.807, 2.05) is 0 Å². The van der Waals surface area contributed by atoms with Crippen molar-refractivity contribution >= 4 is 5.84 Å². The Morgan fingerprint density at radius 2 is 1.14 bits per heavy atom. The van der Waals surface area contributed by atoms with Crippen molar-refractivity contribution < 1.29 is 10.2 Å². The summed E-state index contributed by atoms with van der Waals surface area (Å²) in [5.74, 6) is 1.24. The Morgan fingerprint density at radius 3 is 1.57 bits per heavy atom. The van der Waals surface area contributed by atoms with Crippen LogP contribution in [0.2, 0.25) is 0 Å². The number of β-amino-alcohol motifs (C(OH)–C–C–N with tert-alkyl or cyclic N) is 1. The first-order valence-electron chi connectivity index (χ1n) is 12.3. The Bertz CT molecular complexity index is 335. The van der Waals surface area contributed by atoms with Crippen LogP contribution in [0.4, 0.5) is 0 Å². The zero-order valence-electron chi connectivity index (χ0n) is 19.1. The van der Waals surface area contributed by atoms with E-state index in [4.69, 9.17) is 10.2 Å². The van der Waals surface area contributed by atoms with Crippen molar-refractivity contribution in [2.24, 2.45) is 4.99 Å². The second kappa shape index (κ2) is 22.7. The minimum absolute atomic E-state index is 0.248. The van der Waals surface area contributed by atoms with Gasteiger partial charge in [-0.1, -0.05) is 96.8 Å². The molecule has 0 aromatic carbocycles. The van der Waals surface area contributed by atoms with Crippen LogP contribution in [-0.2, 0) is 0 Å². The van der Waals surface area contributed by atoms with E-state index in [1.165, 1.54) is 102 Å². The van der Waals surface area contributed by atoms with Gasteiger partial charge in [0, 0.05) is 26.1 Å². The number of amidine groups is 1. The van der Waals surface area contributed by atoms with Crippen LogP contribution in [0.25, 0.3) is 0 Å². The van der Waals surface area contributed by atoms with E-state index >= 15 is 0 Å². The summed E-state index contributed by atoms with van der Waals surface area (Å²) >= 11 is 0. The van der Waals surface area contributed by atoms with Crippen molar-refractivity contribution in [3.8, 4) is 0 Å². The lowest BCUT2D eigenvalue weighted by Crippen LogP contribution is -2.30. The standard InChI is InChI=1S/C22H44N2O.C2H6O/c1-2-3-4-5-6-7-8-9-10-11-12-13-14-15-16-17-22-23-18-19-24(22)20-21-25;1-2-3/h25H,2-21H2,1H3;3H,2H2,1H3. The summed E-state index contributed by atoms with van der Waals surface area (Å²) in [6.07, 6.45) is 22.3. The van der Waals surface area contributed by atoms with Gasteiger partial charge in [0.15, 0.2) is 0 Å². The van der Waals surface area contributed by atoms with E-state index < -0.39 is 0 Å². The molecule has 0 aromatic heterocycles. The summed E-state index contributed by atoms with van der Waals surface area (Å²) in [5, 5.41) is 16.6. The molecule has 0 bridgehead atoms. The molecule has 4 nitrogen and oxygen atoms in total. The van der Waals surface area contributed by atoms with Gasteiger partial charge in [-0.2, -0.15) is 0 Å². The van der Waals surface area contributed by atoms with Crippen LogP contribution in [0.5, 0.6) is 0 Å². The topological polar surface area (TPSA) is 56.1 Å². The quantitative estimate of drug-likeness (QED) is 0.280. The first-order chi connectivity index (χ1) is 13.8. The lowest BCUT2D eigenvalue weighted by atomic mass is 10.0. The second-order valence-electron chi connectivity index (χ2n) is 8.02. The third kappa shape index (κ3) is 17.5. The number of aliphatic imine (C=N–C) groups is 1. The van der Waals surface area contributed by atoms with Gasteiger partial charge in [-0.15, -0.1) is 0 Å². The predicted molar refractivity (Wildman–Crippen MR) is 123 cm³/mol. The van der Waals surface area contributed by atoms with Crippen molar-refractivity contribution in [2.75, 3.05) is 32.8 Å². The highest BCUT2D eigenvalue weighted by Gasteiger charge is 2.14. The molecule has 0 fully saturated rings. The van der Waals surface area contributed by atoms with Crippen LogP contribution in [0.3, 0.4) is 0 Å². The van der Waals surface area contributed by atoms with Gasteiger partial charge >= 0.3 is 0 Å². The monoisotopic (exact) mass is 398 g/mol. The van der Waals surface area contributed by atoms with E-state index in [-0.39, 0.29) is 13.2 Å². The molecular formula is C24H50N2O2. The minimum Gasteiger partial charge on any atom is -0.397 e. The Kier molecular flexibility index (Phi) is 22.2. The highest BCUT2D eigenvalue weighted by atomic mass is 16.3. The maximum absolute atomic E-state index is 9.05. The summed E-state index contributed by atoms with van der Waals surface area (Å²) in [5.41, 5.74) is 0. The third-order valence-electron chi connectivity index (χ3n) is 5.40. The number of aliphatic hydroxyl groups is 2. The molecule has 0 radical (unpaired) electrons. The van der Waals surface area contributed by atoms with Crippen molar-refractivity contribution in [3.63, 3.8) is 0 Å². The Labute approximate surface area is 175 Å². The summed E-state index contributed by atoms with van der Waals surface area (Å²) in [6.45, 7) is 7.16. The molecule has 0 unspecified atom stereocenters. The highest BCUT2D eigenvalue weighted by Crippen LogP contribution is 2.14. The first-order valence-corrected chi connectivity index (χ1v) is 12.3.